The van der Waals surface area contributed by atoms with Crippen LogP contribution in [0.1, 0.15) is 24.1 Å². The fourth-order valence-electron chi connectivity index (χ4n) is 2.01. The van der Waals surface area contributed by atoms with Gasteiger partial charge in [-0.1, -0.05) is 35.5 Å². The molecule has 2 aromatic rings. The minimum atomic E-state index is -0.994. The molecule has 0 spiro atoms. The number of carboxylic acid groups (broad SMARTS) is 1. The molecule has 0 atom stereocenters. The molecule has 0 saturated heterocycles. The lowest BCUT2D eigenvalue weighted by molar-refractivity contribution is -0.138. The lowest BCUT2D eigenvalue weighted by Gasteiger charge is -2.05. The molecule has 8 nitrogen and oxygen atoms in total. The highest BCUT2D eigenvalue weighted by molar-refractivity contribution is 5.75. The van der Waals surface area contributed by atoms with Crippen LogP contribution in [0.25, 0.3) is 0 Å². The molecule has 0 unspecified atom stereocenters. The molecule has 2 N–H and O–H groups in total. The van der Waals surface area contributed by atoms with E-state index in [-0.39, 0.29) is 19.0 Å². The Labute approximate surface area is 139 Å². The minimum Gasteiger partial charge on any atom is -0.480 e. The van der Waals surface area contributed by atoms with E-state index in [0.29, 0.717) is 31.7 Å². The predicted molar refractivity (Wildman–Crippen MR) is 84.8 cm³/mol. The maximum absolute atomic E-state index is 11.7. The first kappa shape index (κ1) is 17.6. The van der Waals surface area contributed by atoms with Crippen LogP contribution in [-0.4, -0.2) is 38.6 Å². The molecule has 0 aliphatic rings. The lowest BCUT2D eigenvalue weighted by atomic mass is 10.2. The van der Waals surface area contributed by atoms with Gasteiger partial charge in [0.05, 0.1) is 19.3 Å². The molecule has 1 aromatic heterocycles. The molecule has 1 heterocycles. The maximum atomic E-state index is 11.7. The number of amides is 1. The Bertz CT molecular complexity index is 657. The highest BCUT2D eigenvalue weighted by Gasteiger charge is 2.06. The molecule has 0 radical (unpaired) electrons. The molecular weight excluding hydrogens is 312 g/mol. The molecule has 0 aliphatic carbocycles. The third kappa shape index (κ3) is 6.57. The van der Waals surface area contributed by atoms with Crippen molar-refractivity contribution in [3.05, 3.63) is 47.8 Å². The van der Waals surface area contributed by atoms with Crippen molar-refractivity contribution >= 4 is 11.9 Å². The highest BCUT2D eigenvalue weighted by atomic mass is 16.5. The van der Waals surface area contributed by atoms with Crippen LogP contribution in [-0.2, 0) is 34.0 Å². The standard InChI is InChI=1S/C16H20N4O4/c21-15(7-4-8-24-12-13-5-2-1-3-6-13)17-9-14-10-20(19-18-14)11-16(22)23/h1-3,5-6,10H,4,7-9,11-12H2,(H,17,21)(H,22,23). The minimum absolute atomic E-state index is 0.105. The summed E-state index contributed by atoms with van der Waals surface area (Å²) < 4.78 is 6.72. The van der Waals surface area contributed by atoms with Gasteiger partial charge in [-0.15, -0.1) is 5.10 Å². The fourth-order valence-corrected chi connectivity index (χ4v) is 2.01. The SMILES string of the molecule is O=C(O)Cn1cc(CNC(=O)CCCOCc2ccccc2)nn1. The van der Waals surface area contributed by atoms with Crippen molar-refractivity contribution in [3.8, 4) is 0 Å². The molecule has 0 saturated carbocycles. The maximum Gasteiger partial charge on any atom is 0.325 e. The van der Waals surface area contributed by atoms with Gasteiger partial charge in [-0.2, -0.15) is 0 Å². The molecule has 0 bridgehead atoms. The third-order valence-corrected chi connectivity index (χ3v) is 3.15. The fraction of sp³-hybridized carbons (Fsp3) is 0.375. The quantitative estimate of drug-likeness (QED) is 0.628. The average molecular weight is 332 g/mol. The smallest absolute Gasteiger partial charge is 0.325 e. The number of aromatic nitrogens is 3. The van der Waals surface area contributed by atoms with Crippen LogP contribution < -0.4 is 5.32 Å². The first-order chi connectivity index (χ1) is 11.6. The summed E-state index contributed by atoms with van der Waals surface area (Å²) in [5, 5.41) is 18.8. The summed E-state index contributed by atoms with van der Waals surface area (Å²) in [5.41, 5.74) is 1.62. The highest BCUT2D eigenvalue weighted by Crippen LogP contribution is 2.01. The monoisotopic (exact) mass is 332 g/mol. The van der Waals surface area contributed by atoms with E-state index >= 15 is 0 Å². The third-order valence-electron chi connectivity index (χ3n) is 3.15. The first-order valence-corrected chi connectivity index (χ1v) is 7.62. The van der Waals surface area contributed by atoms with Crippen molar-refractivity contribution in [2.24, 2.45) is 0 Å². The van der Waals surface area contributed by atoms with Crippen LogP contribution in [0.15, 0.2) is 36.5 Å². The Morgan fingerprint density at radius 1 is 1.25 bits per heavy atom. The van der Waals surface area contributed by atoms with E-state index in [2.05, 4.69) is 15.6 Å². The number of hydrogen-bond acceptors (Lipinski definition) is 5. The van der Waals surface area contributed by atoms with E-state index in [1.54, 1.807) is 0 Å². The number of rotatable bonds is 10. The molecule has 8 heteroatoms. The number of hydrogen-bond donors (Lipinski definition) is 2. The van der Waals surface area contributed by atoms with E-state index < -0.39 is 5.97 Å². The number of ether oxygens (including phenoxy) is 1. The van der Waals surface area contributed by atoms with Gasteiger partial charge in [0, 0.05) is 13.0 Å². The predicted octanol–water partition coefficient (Wildman–Crippen LogP) is 0.976. The summed E-state index contributed by atoms with van der Waals surface area (Å²) in [4.78, 5) is 22.3. The van der Waals surface area contributed by atoms with Gasteiger partial charge in [0.25, 0.3) is 0 Å². The number of nitrogens with one attached hydrogen (secondary N) is 1. The van der Waals surface area contributed by atoms with Crippen LogP contribution in [0.5, 0.6) is 0 Å². The van der Waals surface area contributed by atoms with E-state index in [0.717, 1.165) is 5.56 Å². The van der Waals surface area contributed by atoms with E-state index in [1.165, 1.54) is 10.9 Å². The van der Waals surface area contributed by atoms with Crippen LogP contribution in [0.4, 0.5) is 0 Å². The summed E-state index contributed by atoms with van der Waals surface area (Å²) in [5.74, 6) is -1.10. The largest absolute Gasteiger partial charge is 0.480 e. The lowest BCUT2D eigenvalue weighted by Crippen LogP contribution is -2.23. The molecule has 128 valence electrons. The van der Waals surface area contributed by atoms with Gasteiger partial charge < -0.3 is 15.2 Å². The Morgan fingerprint density at radius 3 is 2.79 bits per heavy atom. The number of nitrogens with zero attached hydrogens (tertiary/aromatic N) is 3. The van der Waals surface area contributed by atoms with E-state index in [4.69, 9.17) is 9.84 Å². The van der Waals surface area contributed by atoms with Crippen molar-refractivity contribution in [2.45, 2.75) is 32.5 Å². The van der Waals surface area contributed by atoms with E-state index in [1.807, 2.05) is 30.3 Å². The van der Waals surface area contributed by atoms with Crippen LogP contribution in [0, 0.1) is 0 Å². The summed E-state index contributed by atoms with van der Waals surface area (Å²) in [6.07, 6.45) is 2.49. The number of carbonyl (C=O) groups is 2. The van der Waals surface area contributed by atoms with Crippen molar-refractivity contribution in [2.75, 3.05) is 6.61 Å². The van der Waals surface area contributed by atoms with Gasteiger partial charge >= 0.3 is 5.97 Å². The second-order valence-corrected chi connectivity index (χ2v) is 5.22. The van der Waals surface area contributed by atoms with Crippen molar-refractivity contribution in [1.29, 1.82) is 0 Å². The summed E-state index contributed by atoms with van der Waals surface area (Å²) >= 11 is 0. The molecule has 1 aromatic carbocycles. The zero-order chi connectivity index (χ0) is 17.2. The number of carbonyl (C=O) groups excluding carboxylic acids is 1. The second-order valence-electron chi connectivity index (χ2n) is 5.22. The Hall–Kier alpha value is -2.74. The summed E-state index contributed by atoms with van der Waals surface area (Å²) in [7, 11) is 0. The molecule has 24 heavy (non-hydrogen) atoms. The van der Waals surface area contributed by atoms with Gasteiger partial charge in [0.15, 0.2) is 0 Å². The zero-order valence-corrected chi connectivity index (χ0v) is 13.2. The number of carboxylic acids is 1. The molecule has 2 rings (SSSR count). The molecule has 0 fully saturated rings. The van der Waals surface area contributed by atoms with Crippen LogP contribution >= 0.6 is 0 Å². The van der Waals surface area contributed by atoms with Gasteiger partial charge in [-0.3, -0.25) is 9.59 Å². The topological polar surface area (TPSA) is 106 Å². The molecule has 1 amide bonds. The van der Waals surface area contributed by atoms with Gasteiger partial charge in [0.2, 0.25) is 5.91 Å². The van der Waals surface area contributed by atoms with Crippen molar-refractivity contribution in [3.63, 3.8) is 0 Å². The zero-order valence-electron chi connectivity index (χ0n) is 13.2. The van der Waals surface area contributed by atoms with Gasteiger partial charge in [-0.05, 0) is 12.0 Å². The van der Waals surface area contributed by atoms with Gasteiger partial charge in [0.1, 0.15) is 12.2 Å². The first-order valence-electron chi connectivity index (χ1n) is 7.62. The number of aliphatic carboxylic acids is 1. The van der Waals surface area contributed by atoms with Gasteiger partial charge in [-0.25, -0.2) is 4.68 Å². The van der Waals surface area contributed by atoms with E-state index in [9.17, 15) is 9.59 Å². The second kappa shape index (κ2) is 9.41. The Balaban J connectivity index is 1.56. The summed E-state index contributed by atoms with van der Waals surface area (Å²) in [6, 6.07) is 9.85. The number of benzene rings is 1. The normalized spacial score (nSPS) is 10.5. The van der Waals surface area contributed by atoms with Crippen LogP contribution in [0.2, 0.25) is 0 Å². The Morgan fingerprint density at radius 2 is 2.04 bits per heavy atom. The van der Waals surface area contributed by atoms with Crippen molar-refractivity contribution < 1.29 is 19.4 Å². The summed E-state index contributed by atoms with van der Waals surface area (Å²) in [6.45, 7) is 1.02. The molecule has 0 aliphatic heterocycles. The average Bonchev–Trinajstić information content (AvgIpc) is 3.00. The van der Waals surface area contributed by atoms with Crippen LogP contribution in [0.3, 0.4) is 0 Å². The Kier molecular flexibility index (Phi) is 6.91. The van der Waals surface area contributed by atoms with Crippen molar-refractivity contribution in [1.82, 2.24) is 20.3 Å². The molecular formula is C16H20N4O4.